The number of piperidine rings is 1. The van der Waals surface area contributed by atoms with E-state index in [1.807, 2.05) is 0 Å². The summed E-state index contributed by atoms with van der Waals surface area (Å²) in [6.07, 6.45) is 0.288. The molecule has 0 spiro atoms. The summed E-state index contributed by atoms with van der Waals surface area (Å²) >= 11 is 0. The SMILES string of the molecule is NC1C=CC(C(=O)N2CCCC(C(F)(F)F)C2)C1. The second-order valence-electron chi connectivity index (χ2n) is 5.06. The van der Waals surface area contributed by atoms with Crippen molar-refractivity contribution in [2.45, 2.75) is 31.5 Å². The Balaban J connectivity index is 1.97. The molecule has 6 heteroatoms. The summed E-state index contributed by atoms with van der Waals surface area (Å²) in [6.45, 7) is 0.215. The maximum absolute atomic E-state index is 12.6. The monoisotopic (exact) mass is 262 g/mol. The number of amides is 1. The lowest BCUT2D eigenvalue weighted by atomic mass is 9.95. The van der Waals surface area contributed by atoms with Crippen LogP contribution in [0.4, 0.5) is 13.2 Å². The van der Waals surface area contributed by atoms with E-state index in [-0.39, 0.29) is 30.8 Å². The highest BCUT2D eigenvalue weighted by atomic mass is 19.4. The number of carbonyl (C=O) groups excluding carboxylic acids is 1. The molecule has 0 radical (unpaired) electrons. The quantitative estimate of drug-likeness (QED) is 0.731. The van der Waals surface area contributed by atoms with Crippen LogP contribution in [0.3, 0.4) is 0 Å². The fourth-order valence-electron chi connectivity index (χ4n) is 2.59. The summed E-state index contributed by atoms with van der Waals surface area (Å²) in [5.74, 6) is -1.94. The topological polar surface area (TPSA) is 46.3 Å². The van der Waals surface area contributed by atoms with Crippen molar-refractivity contribution in [1.29, 1.82) is 0 Å². The molecule has 1 saturated heterocycles. The first-order valence-electron chi connectivity index (χ1n) is 6.17. The molecule has 2 aliphatic rings. The van der Waals surface area contributed by atoms with Crippen molar-refractivity contribution in [3.63, 3.8) is 0 Å². The number of alkyl halides is 3. The van der Waals surface area contributed by atoms with Crippen LogP contribution in [0.5, 0.6) is 0 Å². The molecule has 102 valence electrons. The van der Waals surface area contributed by atoms with Crippen LogP contribution in [0.15, 0.2) is 12.2 Å². The van der Waals surface area contributed by atoms with Crippen molar-refractivity contribution in [2.75, 3.05) is 13.1 Å². The number of carbonyl (C=O) groups is 1. The first-order chi connectivity index (χ1) is 8.38. The minimum atomic E-state index is -4.21. The van der Waals surface area contributed by atoms with Gasteiger partial charge in [0.25, 0.3) is 0 Å². The minimum Gasteiger partial charge on any atom is -0.342 e. The molecule has 3 atom stereocenters. The number of hydrogen-bond acceptors (Lipinski definition) is 2. The summed E-state index contributed by atoms with van der Waals surface area (Å²) in [6, 6.07) is -0.151. The van der Waals surface area contributed by atoms with Gasteiger partial charge in [0.15, 0.2) is 0 Å². The molecule has 0 bridgehead atoms. The maximum Gasteiger partial charge on any atom is 0.393 e. The molecule has 1 aliphatic heterocycles. The van der Waals surface area contributed by atoms with Crippen LogP contribution in [-0.2, 0) is 4.79 Å². The Bertz CT molecular complexity index is 354. The molecule has 0 aromatic carbocycles. The lowest BCUT2D eigenvalue weighted by molar-refractivity contribution is -0.188. The van der Waals surface area contributed by atoms with Gasteiger partial charge < -0.3 is 10.6 Å². The normalized spacial score (nSPS) is 32.9. The van der Waals surface area contributed by atoms with Crippen molar-refractivity contribution >= 4 is 5.91 Å². The Morgan fingerprint density at radius 2 is 2.06 bits per heavy atom. The van der Waals surface area contributed by atoms with Crippen molar-refractivity contribution in [2.24, 2.45) is 17.6 Å². The van der Waals surface area contributed by atoms with Gasteiger partial charge in [-0.3, -0.25) is 4.79 Å². The molecule has 1 aliphatic carbocycles. The van der Waals surface area contributed by atoms with E-state index in [0.717, 1.165) is 0 Å². The van der Waals surface area contributed by atoms with Gasteiger partial charge in [0, 0.05) is 19.1 Å². The van der Waals surface area contributed by atoms with Crippen LogP contribution in [0.1, 0.15) is 19.3 Å². The molecule has 3 unspecified atom stereocenters. The zero-order valence-electron chi connectivity index (χ0n) is 9.99. The predicted molar refractivity (Wildman–Crippen MR) is 60.6 cm³/mol. The number of nitrogens with zero attached hydrogens (tertiary/aromatic N) is 1. The molecule has 0 saturated carbocycles. The third-order valence-corrected chi connectivity index (χ3v) is 3.63. The van der Waals surface area contributed by atoms with E-state index in [1.54, 1.807) is 12.2 Å². The predicted octanol–water partition coefficient (Wildman–Crippen LogP) is 1.69. The summed E-state index contributed by atoms with van der Waals surface area (Å²) < 4.78 is 37.9. The standard InChI is InChI=1S/C12H17F3N2O/c13-12(14,15)9-2-1-5-17(7-9)11(18)8-3-4-10(16)6-8/h3-4,8-10H,1-2,5-7,16H2. The van der Waals surface area contributed by atoms with Crippen LogP contribution >= 0.6 is 0 Å². The number of hydrogen-bond donors (Lipinski definition) is 1. The largest absolute Gasteiger partial charge is 0.393 e. The van der Waals surface area contributed by atoms with Crippen LogP contribution < -0.4 is 5.73 Å². The van der Waals surface area contributed by atoms with Crippen molar-refractivity contribution in [3.05, 3.63) is 12.2 Å². The molecule has 2 N–H and O–H groups in total. The second-order valence-corrected chi connectivity index (χ2v) is 5.06. The molecule has 18 heavy (non-hydrogen) atoms. The van der Waals surface area contributed by atoms with Crippen molar-refractivity contribution in [3.8, 4) is 0 Å². The summed E-state index contributed by atoms with van der Waals surface area (Å²) in [5, 5.41) is 0. The van der Waals surface area contributed by atoms with Gasteiger partial charge in [-0.2, -0.15) is 13.2 Å². The third kappa shape index (κ3) is 2.85. The van der Waals surface area contributed by atoms with E-state index in [2.05, 4.69) is 0 Å². The Hall–Kier alpha value is -1.04. The first-order valence-corrected chi connectivity index (χ1v) is 6.17. The lowest BCUT2D eigenvalue weighted by Gasteiger charge is -2.35. The molecule has 1 amide bonds. The lowest BCUT2D eigenvalue weighted by Crippen LogP contribution is -2.46. The molecule has 0 aromatic rings. The fourth-order valence-corrected chi connectivity index (χ4v) is 2.59. The molecule has 1 heterocycles. The Labute approximate surface area is 104 Å². The molecule has 3 nitrogen and oxygen atoms in total. The molecule has 1 fully saturated rings. The highest BCUT2D eigenvalue weighted by molar-refractivity contribution is 5.81. The van der Waals surface area contributed by atoms with Crippen LogP contribution in [0, 0.1) is 11.8 Å². The van der Waals surface area contributed by atoms with Gasteiger partial charge in [-0.05, 0) is 19.3 Å². The van der Waals surface area contributed by atoms with Crippen LogP contribution in [0.2, 0.25) is 0 Å². The summed E-state index contributed by atoms with van der Waals surface area (Å²) in [7, 11) is 0. The molecule has 2 rings (SSSR count). The number of halogens is 3. The average Bonchev–Trinajstić information content (AvgIpc) is 2.74. The molecular formula is C12H17F3N2O. The van der Waals surface area contributed by atoms with E-state index >= 15 is 0 Å². The summed E-state index contributed by atoms with van der Waals surface area (Å²) in [4.78, 5) is 13.4. The second kappa shape index (κ2) is 4.91. The van der Waals surface area contributed by atoms with Gasteiger partial charge in [-0.25, -0.2) is 0 Å². The Morgan fingerprint density at radius 1 is 1.33 bits per heavy atom. The number of nitrogens with two attached hydrogens (primary N) is 1. The third-order valence-electron chi connectivity index (χ3n) is 3.63. The molecular weight excluding hydrogens is 245 g/mol. The highest BCUT2D eigenvalue weighted by Gasteiger charge is 2.43. The van der Waals surface area contributed by atoms with Crippen molar-refractivity contribution in [1.82, 2.24) is 4.90 Å². The number of rotatable bonds is 1. The van der Waals surface area contributed by atoms with Gasteiger partial charge in [-0.1, -0.05) is 12.2 Å². The van der Waals surface area contributed by atoms with E-state index in [9.17, 15) is 18.0 Å². The van der Waals surface area contributed by atoms with E-state index in [1.165, 1.54) is 4.90 Å². The highest BCUT2D eigenvalue weighted by Crippen LogP contribution is 2.34. The van der Waals surface area contributed by atoms with Gasteiger partial charge >= 0.3 is 6.18 Å². The van der Waals surface area contributed by atoms with Gasteiger partial charge in [0.2, 0.25) is 5.91 Å². The van der Waals surface area contributed by atoms with Crippen molar-refractivity contribution < 1.29 is 18.0 Å². The van der Waals surface area contributed by atoms with E-state index in [0.29, 0.717) is 19.4 Å². The zero-order chi connectivity index (χ0) is 13.3. The van der Waals surface area contributed by atoms with E-state index < -0.39 is 12.1 Å². The maximum atomic E-state index is 12.6. The summed E-state index contributed by atoms with van der Waals surface area (Å²) in [5.41, 5.74) is 5.65. The van der Waals surface area contributed by atoms with Gasteiger partial charge in [0.1, 0.15) is 0 Å². The zero-order valence-corrected chi connectivity index (χ0v) is 9.99. The molecule has 0 aromatic heterocycles. The van der Waals surface area contributed by atoms with E-state index in [4.69, 9.17) is 5.73 Å². The minimum absolute atomic E-state index is 0.118. The fraction of sp³-hybridized carbons (Fsp3) is 0.750. The van der Waals surface area contributed by atoms with Crippen LogP contribution in [0.25, 0.3) is 0 Å². The Morgan fingerprint density at radius 3 is 2.61 bits per heavy atom. The van der Waals surface area contributed by atoms with Crippen LogP contribution in [-0.4, -0.2) is 36.1 Å². The first kappa shape index (κ1) is 13.4. The number of likely N-dealkylation sites (tertiary alicyclic amines) is 1. The van der Waals surface area contributed by atoms with Gasteiger partial charge in [0.05, 0.1) is 11.8 Å². The smallest absolute Gasteiger partial charge is 0.342 e. The van der Waals surface area contributed by atoms with Gasteiger partial charge in [-0.15, -0.1) is 0 Å². The average molecular weight is 262 g/mol. The Kier molecular flexibility index (Phi) is 3.66.